The number of nitrogens with one attached hydrogen (secondary N) is 1. The Bertz CT molecular complexity index is 1230. The third-order valence-electron chi connectivity index (χ3n) is 7.77. The topological polar surface area (TPSA) is 86.1 Å². The second kappa shape index (κ2) is 10.7. The van der Waals surface area contributed by atoms with Gasteiger partial charge in [-0.15, -0.1) is 0 Å². The van der Waals surface area contributed by atoms with Crippen LogP contribution in [0.4, 0.5) is 16.2 Å². The van der Waals surface area contributed by atoms with E-state index in [0.29, 0.717) is 11.7 Å². The van der Waals surface area contributed by atoms with E-state index in [1.165, 1.54) is 24.1 Å². The van der Waals surface area contributed by atoms with E-state index in [9.17, 15) is 4.79 Å². The molecule has 3 heterocycles. The fourth-order valence-electron chi connectivity index (χ4n) is 5.81. The quantitative estimate of drug-likeness (QED) is 0.386. The Kier molecular flexibility index (Phi) is 6.98. The van der Waals surface area contributed by atoms with Gasteiger partial charge in [0.1, 0.15) is 17.6 Å². The van der Waals surface area contributed by atoms with Crippen molar-refractivity contribution >= 4 is 17.5 Å². The van der Waals surface area contributed by atoms with Crippen molar-refractivity contribution in [1.29, 1.82) is 0 Å². The Morgan fingerprint density at radius 3 is 2.53 bits per heavy atom. The average molecular weight is 518 g/mol. The monoisotopic (exact) mass is 517 g/mol. The number of carbonyl (C=O) groups is 1. The van der Waals surface area contributed by atoms with Gasteiger partial charge in [0.2, 0.25) is 0 Å². The van der Waals surface area contributed by atoms with E-state index >= 15 is 0 Å². The normalized spacial score (nSPS) is 21.7. The Labute approximate surface area is 223 Å². The molecule has 1 aromatic heterocycles. The van der Waals surface area contributed by atoms with Crippen LogP contribution in [0.3, 0.4) is 0 Å². The second-order valence-corrected chi connectivity index (χ2v) is 10.7. The fraction of sp³-hybridized carbons (Fsp3) is 0.467. The number of oxazole rings is 1. The first-order valence-electron chi connectivity index (χ1n) is 13.7. The molecule has 3 aliphatic rings. The molecular formula is C30H35N3O5. The van der Waals surface area contributed by atoms with Gasteiger partial charge in [-0.2, -0.15) is 0 Å². The van der Waals surface area contributed by atoms with E-state index in [-0.39, 0.29) is 24.2 Å². The zero-order chi connectivity index (χ0) is 26.1. The minimum absolute atomic E-state index is 0.00468. The molecule has 1 aliphatic carbocycles. The Hall–Kier alpha value is -3.52. The molecule has 1 N–H and O–H groups in total. The van der Waals surface area contributed by atoms with Gasteiger partial charge in [-0.25, -0.2) is 9.78 Å². The summed E-state index contributed by atoms with van der Waals surface area (Å²) in [6, 6.07) is 15.1. The minimum Gasteiger partial charge on any atom is -0.490 e. The lowest BCUT2D eigenvalue weighted by Crippen LogP contribution is -2.41. The predicted octanol–water partition coefficient (Wildman–Crippen LogP) is 6.44. The summed E-state index contributed by atoms with van der Waals surface area (Å²) in [5.74, 6) is 1.74. The summed E-state index contributed by atoms with van der Waals surface area (Å²) in [7, 11) is 0. The maximum atomic E-state index is 12.1. The number of benzene rings is 2. The highest BCUT2D eigenvalue weighted by Crippen LogP contribution is 2.55. The predicted molar refractivity (Wildman–Crippen MR) is 144 cm³/mol. The summed E-state index contributed by atoms with van der Waals surface area (Å²) in [6.45, 7) is 5.16. The summed E-state index contributed by atoms with van der Waals surface area (Å²) in [6.07, 6.45) is 8.27. The molecule has 2 aliphatic heterocycles. The molecule has 2 atom stereocenters. The van der Waals surface area contributed by atoms with Crippen molar-refractivity contribution in [3.05, 3.63) is 71.9 Å². The lowest BCUT2D eigenvalue weighted by atomic mass is 9.85. The van der Waals surface area contributed by atoms with Crippen LogP contribution in [-0.2, 0) is 9.47 Å². The van der Waals surface area contributed by atoms with Crippen LogP contribution < -0.4 is 15.0 Å². The van der Waals surface area contributed by atoms with Gasteiger partial charge in [-0.3, -0.25) is 5.32 Å². The Balaban J connectivity index is 1.34. The molecule has 2 unspecified atom stereocenters. The molecule has 200 valence electrons. The highest BCUT2D eigenvalue weighted by Gasteiger charge is 2.46. The second-order valence-electron chi connectivity index (χ2n) is 10.7. The maximum Gasteiger partial charge on any atom is 0.411 e. The van der Waals surface area contributed by atoms with Gasteiger partial charge in [-0.05, 0) is 62.4 Å². The summed E-state index contributed by atoms with van der Waals surface area (Å²) in [5, 5.41) is 2.82. The zero-order valence-corrected chi connectivity index (χ0v) is 22.0. The molecule has 3 aromatic rings. The number of aromatic nitrogens is 1. The Morgan fingerprint density at radius 2 is 1.87 bits per heavy atom. The van der Waals surface area contributed by atoms with E-state index in [0.717, 1.165) is 56.0 Å². The van der Waals surface area contributed by atoms with Crippen LogP contribution in [0.15, 0.2) is 59.5 Å². The Morgan fingerprint density at radius 1 is 1.08 bits per heavy atom. The fourth-order valence-corrected chi connectivity index (χ4v) is 5.81. The van der Waals surface area contributed by atoms with Gasteiger partial charge in [0.15, 0.2) is 6.39 Å². The summed E-state index contributed by atoms with van der Waals surface area (Å²) in [5.41, 5.74) is 4.28. The molecule has 8 heteroatoms. The number of rotatable bonds is 7. The van der Waals surface area contributed by atoms with Crippen LogP contribution in [0, 0.1) is 0 Å². The van der Waals surface area contributed by atoms with Crippen LogP contribution in [0.2, 0.25) is 0 Å². The number of fused-ring (bicyclic) bond motifs is 1. The molecule has 6 rings (SSSR count). The number of hydrogen-bond donors (Lipinski definition) is 1. The molecule has 1 saturated heterocycles. The lowest BCUT2D eigenvalue weighted by molar-refractivity contribution is 0.0256. The van der Waals surface area contributed by atoms with Crippen molar-refractivity contribution in [2.75, 3.05) is 23.4 Å². The summed E-state index contributed by atoms with van der Waals surface area (Å²) < 4.78 is 23.1. The molecule has 8 nitrogen and oxygen atoms in total. The number of anilines is 2. The molecule has 1 amide bonds. The van der Waals surface area contributed by atoms with Crippen molar-refractivity contribution in [1.82, 2.24) is 4.98 Å². The van der Waals surface area contributed by atoms with Crippen LogP contribution in [0.25, 0.3) is 0 Å². The SMILES string of the molecule is CC(C)OC(=O)Nc1ccc(C2C(c3cnco3)c3ccc(OC4CCOCC4)cc3N2C2CCC2)cc1. The van der Waals surface area contributed by atoms with Gasteiger partial charge >= 0.3 is 6.09 Å². The first-order chi connectivity index (χ1) is 18.6. The number of ether oxygens (including phenoxy) is 3. The molecule has 0 bridgehead atoms. The van der Waals surface area contributed by atoms with Crippen LogP contribution in [0.1, 0.15) is 74.8 Å². The number of amides is 1. The number of nitrogens with zero attached hydrogens (tertiary/aromatic N) is 2. The molecule has 1 saturated carbocycles. The highest BCUT2D eigenvalue weighted by molar-refractivity contribution is 5.84. The largest absolute Gasteiger partial charge is 0.490 e. The van der Waals surface area contributed by atoms with Gasteiger partial charge in [0, 0.05) is 36.3 Å². The number of hydrogen-bond acceptors (Lipinski definition) is 7. The van der Waals surface area contributed by atoms with Gasteiger partial charge in [0.05, 0.1) is 37.5 Å². The van der Waals surface area contributed by atoms with Crippen molar-refractivity contribution in [2.24, 2.45) is 0 Å². The highest BCUT2D eigenvalue weighted by atomic mass is 16.6. The van der Waals surface area contributed by atoms with Gasteiger partial charge in [0.25, 0.3) is 0 Å². The number of carbonyl (C=O) groups excluding carboxylic acids is 1. The van der Waals surface area contributed by atoms with E-state index in [1.54, 1.807) is 0 Å². The van der Waals surface area contributed by atoms with Crippen LogP contribution >= 0.6 is 0 Å². The van der Waals surface area contributed by atoms with E-state index in [2.05, 4.69) is 45.5 Å². The molecule has 38 heavy (non-hydrogen) atoms. The maximum absolute atomic E-state index is 12.1. The molecule has 0 spiro atoms. The van der Waals surface area contributed by atoms with Gasteiger partial charge in [-0.1, -0.05) is 18.2 Å². The van der Waals surface area contributed by atoms with Crippen LogP contribution in [0.5, 0.6) is 5.75 Å². The van der Waals surface area contributed by atoms with Gasteiger partial charge < -0.3 is 23.5 Å². The van der Waals surface area contributed by atoms with Crippen LogP contribution in [-0.4, -0.2) is 42.5 Å². The first-order valence-corrected chi connectivity index (χ1v) is 13.7. The van der Waals surface area contributed by atoms with E-state index < -0.39 is 6.09 Å². The van der Waals surface area contributed by atoms with E-state index in [1.807, 2.05) is 32.2 Å². The van der Waals surface area contributed by atoms with Crippen molar-refractivity contribution in [3.8, 4) is 5.75 Å². The van der Waals surface area contributed by atoms with Crippen molar-refractivity contribution in [3.63, 3.8) is 0 Å². The molecule has 2 fully saturated rings. The van der Waals surface area contributed by atoms with E-state index in [4.69, 9.17) is 18.6 Å². The third kappa shape index (κ3) is 4.97. The summed E-state index contributed by atoms with van der Waals surface area (Å²) in [4.78, 5) is 18.9. The average Bonchev–Trinajstić information content (AvgIpc) is 3.50. The molecular weight excluding hydrogens is 482 g/mol. The standard InChI is InChI=1S/C30H35N3O5/c1-19(2)37-30(34)32-21-8-6-20(7-9-21)29-28(27-17-31-18-36-27)25-11-10-24(38-23-12-14-35-15-13-23)16-26(25)33(29)22-4-3-5-22/h6-11,16-19,22-23,28-29H,3-5,12-15H2,1-2H3,(H,32,34). The molecule has 0 radical (unpaired) electrons. The lowest BCUT2D eigenvalue weighted by Gasteiger charge is -2.42. The minimum atomic E-state index is -0.450. The summed E-state index contributed by atoms with van der Waals surface area (Å²) >= 11 is 0. The molecule has 2 aromatic carbocycles. The third-order valence-corrected chi connectivity index (χ3v) is 7.77. The van der Waals surface area contributed by atoms with Crippen molar-refractivity contribution < 1.29 is 23.4 Å². The smallest absolute Gasteiger partial charge is 0.411 e. The van der Waals surface area contributed by atoms with Crippen molar-refractivity contribution in [2.45, 2.75) is 76.2 Å². The zero-order valence-electron chi connectivity index (χ0n) is 22.0. The first kappa shape index (κ1) is 24.8.